The molecular weight excluding hydrogens is 308 g/mol. The van der Waals surface area contributed by atoms with Crippen molar-refractivity contribution in [1.29, 1.82) is 0 Å². The van der Waals surface area contributed by atoms with Crippen LogP contribution in [0.5, 0.6) is 0 Å². The highest BCUT2D eigenvalue weighted by Crippen LogP contribution is 2.27. The summed E-state index contributed by atoms with van der Waals surface area (Å²) >= 11 is 0. The molecule has 2 aromatic carbocycles. The van der Waals surface area contributed by atoms with Crippen LogP contribution in [0.25, 0.3) is 0 Å². The maximum absolute atomic E-state index is 12.5. The molecule has 0 aliphatic heterocycles. The first kappa shape index (κ1) is 19.2. The van der Waals surface area contributed by atoms with E-state index in [2.05, 4.69) is 55.3 Å². The van der Waals surface area contributed by atoms with Crippen LogP contribution in [0.4, 0.5) is 0 Å². The standard InChI is InChI=1S/C22H30N2O/c1-4-24(18(2)3)16-15-23-22(25)17-21(19-11-7-5-8-12-19)20-13-9-6-10-14-20/h5-14,18,21H,4,15-17H2,1-3H3,(H,23,25). The molecular formula is C22H30N2O. The van der Waals surface area contributed by atoms with Crippen molar-refractivity contribution in [3.05, 3.63) is 71.8 Å². The molecule has 25 heavy (non-hydrogen) atoms. The van der Waals surface area contributed by atoms with E-state index in [-0.39, 0.29) is 11.8 Å². The lowest BCUT2D eigenvalue weighted by molar-refractivity contribution is -0.121. The van der Waals surface area contributed by atoms with Crippen molar-refractivity contribution in [2.24, 2.45) is 0 Å². The normalized spacial score (nSPS) is 11.3. The topological polar surface area (TPSA) is 32.3 Å². The van der Waals surface area contributed by atoms with Gasteiger partial charge in [0.25, 0.3) is 0 Å². The summed E-state index contributed by atoms with van der Waals surface area (Å²) in [5.41, 5.74) is 2.36. The first-order chi connectivity index (χ1) is 12.1. The summed E-state index contributed by atoms with van der Waals surface area (Å²) in [4.78, 5) is 14.9. The zero-order chi connectivity index (χ0) is 18.1. The molecule has 3 nitrogen and oxygen atoms in total. The molecule has 2 rings (SSSR count). The van der Waals surface area contributed by atoms with Gasteiger partial charge < -0.3 is 5.32 Å². The molecule has 0 aliphatic carbocycles. The number of nitrogens with one attached hydrogen (secondary N) is 1. The van der Waals surface area contributed by atoms with Gasteiger partial charge in [-0.3, -0.25) is 9.69 Å². The van der Waals surface area contributed by atoms with Crippen LogP contribution in [-0.4, -0.2) is 36.5 Å². The average molecular weight is 338 g/mol. The average Bonchev–Trinajstić information content (AvgIpc) is 2.64. The van der Waals surface area contributed by atoms with Crippen LogP contribution in [-0.2, 0) is 4.79 Å². The summed E-state index contributed by atoms with van der Waals surface area (Å²) in [6.07, 6.45) is 0.474. The molecule has 2 aromatic rings. The monoisotopic (exact) mass is 338 g/mol. The van der Waals surface area contributed by atoms with Crippen LogP contribution in [0.1, 0.15) is 44.2 Å². The Bertz CT molecular complexity index is 585. The van der Waals surface area contributed by atoms with Crippen molar-refractivity contribution in [1.82, 2.24) is 10.2 Å². The van der Waals surface area contributed by atoms with Crippen LogP contribution >= 0.6 is 0 Å². The number of rotatable bonds is 9. The molecule has 0 radical (unpaired) electrons. The fourth-order valence-corrected chi connectivity index (χ4v) is 3.18. The number of nitrogens with zero attached hydrogens (tertiary/aromatic N) is 1. The van der Waals surface area contributed by atoms with Crippen LogP contribution in [0.2, 0.25) is 0 Å². The molecule has 1 amide bonds. The Morgan fingerprint density at radius 2 is 1.48 bits per heavy atom. The highest BCUT2D eigenvalue weighted by molar-refractivity contribution is 5.77. The number of amides is 1. The predicted octanol–water partition coefficient (Wildman–Crippen LogP) is 4.06. The zero-order valence-electron chi connectivity index (χ0n) is 15.6. The Morgan fingerprint density at radius 1 is 0.960 bits per heavy atom. The zero-order valence-corrected chi connectivity index (χ0v) is 15.6. The van der Waals surface area contributed by atoms with Crippen molar-refractivity contribution in [2.45, 2.75) is 39.2 Å². The van der Waals surface area contributed by atoms with Crippen molar-refractivity contribution in [3.63, 3.8) is 0 Å². The summed E-state index contributed by atoms with van der Waals surface area (Å²) in [6, 6.07) is 21.1. The summed E-state index contributed by atoms with van der Waals surface area (Å²) in [6.45, 7) is 9.12. The second kappa shape index (κ2) is 10.00. The van der Waals surface area contributed by atoms with Gasteiger partial charge in [-0.15, -0.1) is 0 Å². The summed E-state index contributed by atoms with van der Waals surface area (Å²) in [7, 11) is 0. The second-order valence-electron chi connectivity index (χ2n) is 6.65. The van der Waals surface area contributed by atoms with Crippen LogP contribution in [0, 0.1) is 0 Å². The molecule has 0 unspecified atom stereocenters. The molecule has 3 heteroatoms. The summed E-state index contributed by atoms with van der Waals surface area (Å²) in [5, 5.41) is 3.09. The fraction of sp³-hybridized carbons (Fsp3) is 0.409. The molecule has 0 aliphatic rings. The van der Waals surface area contributed by atoms with Crippen molar-refractivity contribution in [3.8, 4) is 0 Å². The number of benzene rings is 2. The van der Waals surface area contributed by atoms with Gasteiger partial charge in [-0.1, -0.05) is 67.6 Å². The van der Waals surface area contributed by atoms with E-state index in [1.807, 2.05) is 36.4 Å². The maximum atomic E-state index is 12.5. The molecule has 0 fully saturated rings. The van der Waals surface area contributed by atoms with E-state index >= 15 is 0 Å². The Labute approximate surface area is 152 Å². The van der Waals surface area contributed by atoms with Gasteiger partial charge in [0.05, 0.1) is 0 Å². The predicted molar refractivity (Wildman–Crippen MR) is 105 cm³/mol. The molecule has 0 aromatic heterocycles. The minimum atomic E-state index is 0.0924. The third kappa shape index (κ3) is 6.02. The lowest BCUT2D eigenvalue weighted by Gasteiger charge is -2.25. The fourth-order valence-electron chi connectivity index (χ4n) is 3.18. The third-order valence-corrected chi connectivity index (χ3v) is 4.65. The SMILES string of the molecule is CCN(CCNC(=O)CC(c1ccccc1)c1ccccc1)C(C)C. The Morgan fingerprint density at radius 3 is 1.92 bits per heavy atom. The number of hydrogen-bond acceptors (Lipinski definition) is 2. The first-order valence-corrected chi connectivity index (χ1v) is 9.22. The molecule has 0 heterocycles. The molecule has 0 bridgehead atoms. The quantitative estimate of drug-likeness (QED) is 0.748. The van der Waals surface area contributed by atoms with Gasteiger partial charge in [-0.05, 0) is 31.5 Å². The Hall–Kier alpha value is -2.13. The Balaban J connectivity index is 1.99. The number of hydrogen-bond donors (Lipinski definition) is 1. The van der Waals surface area contributed by atoms with Crippen molar-refractivity contribution < 1.29 is 4.79 Å². The molecule has 0 saturated heterocycles. The highest BCUT2D eigenvalue weighted by atomic mass is 16.1. The lowest BCUT2D eigenvalue weighted by atomic mass is 9.88. The van der Waals surface area contributed by atoms with Crippen LogP contribution in [0.3, 0.4) is 0 Å². The van der Waals surface area contributed by atoms with E-state index in [1.54, 1.807) is 0 Å². The van der Waals surface area contributed by atoms with E-state index in [1.165, 1.54) is 11.1 Å². The van der Waals surface area contributed by atoms with Gasteiger partial charge >= 0.3 is 0 Å². The lowest BCUT2D eigenvalue weighted by Crippen LogP contribution is -2.38. The van der Waals surface area contributed by atoms with E-state index in [0.29, 0.717) is 19.0 Å². The maximum Gasteiger partial charge on any atom is 0.220 e. The van der Waals surface area contributed by atoms with Crippen LogP contribution < -0.4 is 5.32 Å². The minimum absolute atomic E-state index is 0.0924. The molecule has 0 atom stereocenters. The third-order valence-electron chi connectivity index (χ3n) is 4.65. The molecule has 0 saturated carbocycles. The van der Waals surface area contributed by atoms with E-state index in [4.69, 9.17) is 0 Å². The number of carbonyl (C=O) groups excluding carboxylic acids is 1. The second-order valence-corrected chi connectivity index (χ2v) is 6.65. The highest BCUT2D eigenvalue weighted by Gasteiger charge is 2.18. The Kier molecular flexibility index (Phi) is 7.68. The largest absolute Gasteiger partial charge is 0.355 e. The van der Waals surface area contributed by atoms with E-state index < -0.39 is 0 Å². The van der Waals surface area contributed by atoms with Crippen LogP contribution in [0.15, 0.2) is 60.7 Å². The van der Waals surface area contributed by atoms with Crippen molar-refractivity contribution >= 4 is 5.91 Å². The number of carbonyl (C=O) groups is 1. The van der Waals surface area contributed by atoms with Gasteiger partial charge in [-0.2, -0.15) is 0 Å². The van der Waals surface area contributed by atoms with Gasteiger partial charge in [0.2, 0.25) is 5.91 Å². The summed E-state index contributed by atoms with van der Waals surface area (Å²) < 4.78 is 0. The van der Waals surface area contributed by atoms with Gasteiger partial charge in [0.15, 0.2) is 0 Å². The molecule has 134 valence electrons. The van der Waals surface area contributed by atoms with E-state index in [0.717, 1.165) is 13.1 Å². The smallest absolute Gasteiger partial charge is 0.220 e. The molecule has 0 spiro atoms. The van der Waals surface area contributed by atoms with Gasteiger partial charge in [0.1, 0.15) is 0 Å². The minimum Gasteiger partial charge on any atom is -0.355 e. The van der Waals surface area contributed by atoms with Gasteiger partial charge in [-0.25, -0.2) is 0 Å². The number of likely N-dealkylation sites (N-methyl/N-ethyl adjacent to an activating group) is 1. The molecule has 1 N–H and O–H groups in total. The summed E-state index contributed by atoms with van der Waals surface area (Å²) in [5.74, 6) is 0.201. The van der Waals surface area contributed by atoms with E-state index in [9.17, 15) is 4.79 Å². The van der Waals surface area contributed by atoms with Crippen molar-refractivity contribution in [2.75, 3.05) is 19.6 Å². The first-order valence-electron chi connectivity index (χ1n) is 9.22. The van der Waals surface area contributed by atoms with Gasteiger partial charge in [0, 0.05) is 31.5 Å².